The maximum Gasteiger partial charge on any atom is 0.105 e. The first kappa shape index (κ1) is 11.0. The molecule has 1 rings (SSSR count). The third-order valence-corrected chi connectivity index (χ3v) is 2.18. The number of aromatic nitrogens is 2. The molecule has 0 aromatic carbocycles. The Balaban J connectivity index is 2.07. The van der Waals surface area contributed by atoms with Crippen LogP contribution in [0.3, 0.4) is 0 Å². The highest BCUT2D eigenvalue weighted by Crippen LogP contribution is 1.93. The van der Waals surface area contributed by atoms with Crippen molar-refractivity contribution in [1.82, 2.24) is 14.9 Å². The lowest BCUT2D eigenvalue weighted by Crippen LogP contribution is -2.20. The van der Waals surface area contributed by atoms with Crippen molar-refractivity contribution in [2.75, 3.05) is 13.1 Å². The summed E-state index contributed by atoms with van der Waals surface area (Å²) in [4.78, 5) is 4.17. The van der Waals surface area contributed by atoms with E-state index in [0.29, 0.717) is 0 Å². The van der Waals surface area contributed by atoms with E-state index in [1.807, 2.05) is 19.3 Å². The van der Waals surface area contributed by atoms with Gasteiger partial charge in [-0.1, -0.05) is 12.2 Å². The molecular weight excluding hydrogens is 174 g/mol. The first-order chi connectivity index (χ1) is 6.84. The number of hydrogen-bond acceptors (Lipinski definition) is 2. The highest BCUT2D eigenvalue weighted by Gasteiger charge is 1.94. The van der Waals surface area contributed by atoms with Gasteiger partial charge >= 0.3 is 0 Å². The van der Waals surface area contributed by atoms with Crippen LogP contribution < -0.4 is 5.32 Å². The first-order valence-electron chi connectivity index (χ1n) is 5.14. The van der Waals surface area contributed by atoms with Crippen molar-refractivity contribution >= 4 is 0 Å². The minimum atomic E-state index is 1.00. The van der Waals surface area contributed by atoms with E-state index in [9.17, 15) is 0 Å². The third-order valence-electron chi connectivity index (χ3n) is 2.18. The van der Waals surface area contributed by atoms with Gasteiger partial charge in [-0.3, -0.25) is 0 Å². The minimum absolute atomic E-state index is 1.00. The van der Waals surface area contributed by atoms with Crippen LogP contribution in [0.1, 0.15) is 19.2 Å². The molecule has 3 nitrogen and oxygen atoms in total. The lowest BCUT2D eigenvalue weighted by atomic mass is 10.4. The summed E-state index contributed by atoms with van der Waals surface area (Å²) >= 11 is 0. The van der Waals surface area contributed by atoms with Crippen molar-refractivity contribution in [2.45, 2.75) is 26.8 Å². The fourth-order valence-corrected chi connectivity index (χ4v) is 1.32. The number of hydrogen-bond donors (Lipinski definition) is 1. The van der Waals surface area contributed by atoms with E-state index < -0.39 is 0 Å². The molecule has 1 aromatic heterocycles. The van der Waals surface area contributed by atoms with Gasteiger partial charge in [-0.2, -0.15) is 0 Å². The summed E-state index contributed by atoms with van der Waals surface area (Å²) in [5, 5.41) is 3.39. The molecule has 78 valence electrons. The number of imidazole rings is 1. The van der Waals surface area contributed by atoms with Crippen LogP contribution in [0.15, 0.2) is 24.5 Å². The molecule has 0 amide bonds. The Kier molecular flexibility index (Phi) is 5.00. The lowest BCUT2D eigenvalue weighted by molar-refractivity contribution is 0.591. The van der Waals surface area contributed by atoms with E-state index in [1.54, 1.807) is 0 Å². The van der Waals surface area contributed by atoms with E-state index in [0.717, 1.165) is 31.9 Å². The minimum Gasteiger partial charge on any atom is -0.334 e. The molecule has 0 aliphatic rings. The molecule has 1 N–H and O–H groups in total. The second-order valence-corrected chi connectivity index (χ2v) is 3.28. The Bertz CT molecular complexity index is 276. The number of allylic oxidation sites excluding steroid dienone is 1. The second kappa shape index (κ2) is 6.38. The molecule has 1 heterocycles. The summed E-state index contributed by atoms with van der Waals surface area (Å²) in [7, 11) is 0. The molecule has 0 saturated heterocycles. The summed E-state index contributed by atoms with van der Waals surface area (Å²) < 4.78 is 2.16. The molecule has 0 spiro atoms. The quantitative estimate of drug-likeness (QED) is 0.551. The molecule has 0 aliphatic heterocycles. The van der Waals surface area contributed by atoms with Crippen LogP contribution in [0.2, 0.25) is 0 Å². The Morgan fingerprint density at radius 1 is 1.50 bits per heavy atom. The van der Waals surface area contributed by atoms with Crippen molar-refractivity contribution < 1.29 is 0 Å². The molecule has 0 aliphatic carbocycles. The van der Waals surface area contributed by atoms with E-state index in [2.05, 4.69) is 33.9 Å². The predicted octanol–water partition coefficient (Wildman–Crippen LogP) is 1.75. The molecular formula is C11H19N3. The van der Waals surface area contributed by atoms with Crippen LogP contribution >= 0.6 is 0 Å². The molecule has 0 bridgehead atoms. The van der Waals surface area contributed by atoms with Crippen LogP contribution in [-0.2, 0) is 6.54 Å². The van der Waals surface area contributed by atoms with E-state index in [-0.39, 0.29) is 0 Å². The van der Waals surface area contributed by atoms with Gasteiger partial charge in [0.1, 0.15) is 5.82 Å². The lowest BCUT2D eigenvalue weighted by Gasteiger charge is -2.05. The fraction of sp³-hybridized carbons (Fsp3) is 0.545. The summed E-state index contributed by atoms with van der Waals surface area (Å²) in [6, 6.07) is 0. The number of nitrogens with one attached hydrogen (secondary N) is 1. The molecule has 14 heavy (non-hydrogen) atoms. The zero-order chi connectivity index (χ0) is 10.2. The molecule has 0 radical (unpaired) electrons. The molecule has 0 unspecified atom stereocenters. The van der Waals surface area contributed by atoms with Gasteiger partial charge < -0.3 is 9.88 Å². The number of rotatable bonds is 6. The maximum absolute atomic E-state index is 4.17. The van der Waals surface area contributed by atoms with Crippen molar-refractivity contribution in [2.24, 2.45) is 0 Å². The topological polar surface area (TPSA) is 29.9 Å². The van der Waals surface area contributed by atoms with Gasteiger partial charge in [0.2, 0.25) is 0 Å². The zero-order valence-corrected chi connectivity index (χ0v) is 9.03. The van der Waals surface area contributed by atoms with Gasteiger partial charge in [0.05, 0.1) is 0 Å². The summed E-state index contributed by atoms with van der Waals surface area (Å²) in [5.74, 6) is 1.08. The maximum atomic E-state index is 4.17. The Morgan fingerprint density at radius 2 is 2.36 bits per heavy atom. The van der Waals surface area contributed by atoms with Gasteiger partial charge in [-0.15, -0.1) is 0 Å². The van der Waals surface area contributed by atoms with E-state index in [1.165, 1.54) is 0 Å². The highest BCUT2D eigenvalue weighted by atomic mass is 15.1. The second-order valence-electron chi connectivity index (χ2n) is 3.28. The average Bonchev–Trinajstić information content (AvgIpc) is 2.58. The van der Waals surface area contributed by atoms with Gasteiger partial charge in [-0.05, 0) is 26.8 Å². The van der Waals surface area contributed by atoms with Crippen molar-refractivity contribution in [3.8, 4) is 0 Å². The Morgan fingerprint density at radius 3 is 3.00 bits per heavy atom. The Hall–Kier alpha value is -1.09. The summed E-state index contributed by atoms with van der Waals surface area (Å²) in [5.41, 5.74) is 0. The number of aryl methyl sites for hydroxylation is 1. The van der Waals surface area contributed by atoms with E-state index >= 15 is 0 Å². The normalized spacial score (nSPS) is 11.3. The molecule has 1 aromatic rings. The van der Waals surface area contributed by atoms with Gasteiger partial charge in [0.25, 0.3) is 0 Å². The fourth-order valence-electron chi connectivity index (χ4n) is 1.32. The van der Waals surface area contributed by atoms with Crippen LogP contribution in [0, 0.1) is 6.92 Å². The predicted molar refractivity (Wildman–Crippen MR) is 59.3 cm³/mol. The van der Waals surface area contributed by atoms with Crippen LogP contribution in [-0.4, -0.2) is 22.6 Å². The van der Waals surface area contributed by atoms with Gasteiger partial charge in [0, 0.05) is 25.5 Å². The number of nitrogens with zero attached hydrogens (tertiary/aromatic N) is 2. The SMILES string of the molecule is C/C=C/CCNCCn1ccnc1C. The molecule has 0 saturated carbocycles. The average molecular weight is 193 g/mol. The van der Waals surface area contributed by atoms with Crippen molar-refractivity contribution in [3.63, 3.8) is 0 Å². The smallest absolute Gasteiger partial charge is 0.105 e. The van der Waals surface area contributed by atoms with Gasteiger partial charge in [0.15, 0.2) is 0 Å². The van der Waals surface area contributed by atoms with E-state index in [4.69, 9.17) is 0 Å². The Labute approximate surface area is 85.8 Å². The zero-order valence-electron chi connectivity index (χ0n) is 9.03. The summed E-state index contributed by atoms with van der Waals surface area (Å²) in [6.07, 6.45) is 9.23. The van der Waals surface area contributed by atoms with Crippen LogP contribution in [0.4, 0.5) is 0 Å². The molecule has 0 atom stereocenters. The van der Waals surface area contributed by atoms with Crippen LogP contribution in [0.5, 0.6) is 0 Å². The monoisotopic (exact) mass is 193 g/mol. The molecule has 3 heteroatoms. The van der Waals surface area contributed by atoms with Gasteiger partial charge in [-0.25, -0.2) is 4.98 Å². The van der Waals surface area contributed by atoms with Crippen LogP contribution in [0.25, 0.3) is 0 Å². The standard InChI is InChI=1S/C11H19N3/c1-3-4-5-6-12-7-9-14-10-8-13-11(14)2/h3-4,8,10,12H,5-7,9H2,1-2H3/b4-3+. The largest absolute Gasteiger partial charge is 0.334 e. The van der Waals surface area contributed by atoms with Crippen molar-refractivity contribution in [3.05, 3.63) is 30.4 Å². The first-order valence-corrected chi connectivity index (χ1v) is 5.14. The highest BCUT2D eigenvalue weighted by molar-refractivity contribution is 4.88. The summed E-state index contributed by atoms with van der Waals surface area (Å²) in [6.45, 7) is 7.14. The molecule has 0 fully saturated rings. The third kappa shape index (κ3) is 3.75. The van der Waals surface area contributed by atoms with Crippen molar-refractivity contribution in [1.29, 1.82) is 0 Å².